The summed E-state index contributed by atoms with van der Waals surface area (Å²) in [7, 11) is 0. The topological polar surface area (TPSA) is 59.5 Å². The van der Waals surface area contributed by atoms with Crippen LogP contribution in [0.3, 0.4) is 0 Å². The van der Waals surface area contributed by atoms with Crippen molar-refractivity contribution in [3.05, 3.63) is 69.2 Å². The molecule has 0 fully saturated rings. The van der Waals surface area contributed by atoms with Crippen molar-refractivity contribution in [2.24, 2.45) is 0 Å². The van der Waals surface area contributed by atoms with Gasteiger partial charge in [-0.2, -0.15) is 0 Å². The van der Waals surface area contributed by atoms with Crippen molar-refractivity contribution < 1.29 is 14.3 Å². The number of rotatable bonds is 6. The zero-order chi connectivity index (χ0) is 21.1. The van der Waals surface area contributed by atoms with E-state index in [0.29, 0.717) is 32.8 Å². The molecule has 0 N–H and O–H groups in total. The van der Waals surface area contributed by atoms with Crippen LogP contribution in [0.25, 0.3) is 0 Å². The van der Waals surface area contributed by atoms with Crippen LogP contribution in [0.4, 0.5) is 10.8 Å². The van der Waals surface area contributed by atoms with Crippen molar-refractivity contribution in [1.82, 2.24) is 4.98 Å². The first-order valence-corrected chi connectivity index (χ1v) is 10.3. The monoisotopic (exact) mass is 428 g/mol. The first-order valence-electron chi connectivity index (χ1n) is 9.02. The van der Waals surface area contributed by atoms with Crippen LogP contribution in [-0.2, 0) is 11.4 Å². The van der Waals surface area contributed by atoms with E-state index in [9.17, 15) is 9.59 Å². The Bertz CT molecular complexity index is 1040. The third-order valence-corrected chi connectivity index (χ3v) is 5.48. The molecule has 0 saturated carbocycles. The molecule has 0 unspecified atom stereocenters. The Morgan fingerprint density at radius 3 is 2.41 bits per heavy atom. The number of ether oxygens (including phenoxy) is 1. The maximum Gasteiger partial charge on any atom is 0.230 e. The van der Waals surface area contributed by atoms with E-state index in [0.717, 1.165) is 11.1 Å². The van der Waals surface area contributed by atoms with E-state index < -0.39 is 0 Å². The van der Waals surface area contributed by atoms with E-state index >= 15 is 0 Å². The number of nitrogens with zero attached hydrogens (tertiary/aromatic N) is 2. The highest BCUT2D eigenvalue weighted by Gasteiger charge is 2.22. The second-order valence-electron chi connectivity index (χ2n) is 6.76. The minimum atomic E-state index is -0.166. The number of thiazole rings is 1. The van der Waals surface area contributed by atoms with Gasteiger partial charge in [0.25, 0.3) is 0 Å². The first-order chi connectivity index (χ1) is 13.8. The average Bonchev–Trinajstić information content (AvgIpc) is 3.11. The molecule has 0 atom stereocenters. The molecule has 0 aliphatic heterocycles. The van der Waals surface area contributed by atoms with Gasteiger partial charge in [0, 0.05) is 17.9 Å². The summed E-state index contributed by atoms with van der Waals surface area (Å²) in [4.78, 5) is 29.8. The molecule has 1 heterocycles. The van der Waals surface area contributed by atoms with Gasteiger partial charge in [0.15, 0.2) is 10.9 Å². The summed E-state index contributed by atoms with van der Waals surface area (Å²) in [6.45, 7) is 7.15. The second kappa shape index (κ2) is 8.76. The van der Waals surface area contributed by atoms with E-state index in [2.05, 4.69) is 4.98 Å². The summed E-state index contributed by atoms with van der Waals surface area (Å²) >= 11 is 7.80. The van der Waals surface area contributed by atoms with Gasteiger partial charge >= 0.3 is 0 Å². The van der Waals surface area contributed by atoms with Crippen LogP contribution >= 0.6 is 22.9 Å². The Hall–Kier alpha value is -2.70. The molecule has 0 bridgehead atoms. The molecule has 0 aliphatic carbocycles. The molecule has 3 rings (SSSR count). The molecular weight excluding hydrogens is 408 g/mol. The lowest BCUT2D eigenvalue weighted by molar-refractivity contribution is -0.115. The Kier molecular flexibility index (Phi) is 6.35. The molecule has 29 heavy (non-hydrogen) atoms. The van der Waals surface area contributed by atoms with E-state index in [1.165, 1.54) is 30.1 Å². The van der Waals surface area contributed by atoms with Gasteiger partial charge in [-0.1, -0.05) is 17.7 Å². The van der Waals surface area contributed by atoms with Crippen molar-refractivity contribution in [3.8, 4) is 5.75 Å². The Morgan fingerprint density at radius 2 is 1.83 bits per heavy atom. The number of hydrogen-bond acceptors (Lipinski definition) is 5. The number of halogens is 1. The second-order valence-corrected chi connectivity index (χ2v) is 8.00. The molecule has 1 amide bonds. The SMILES string of the molecule is CC(=O)c1ccc(OCc2csc(N(C(C)=O)c3c(C)cc(C)cc3Cl)n2)cc1. The molecule has 3 aromatic rings. The van der Waals surface area contributed by atoms with Crippen molar-refractivity contribution >= 4 is 45.4 Å². The quantitative estimate of drug-likeness (QED) is 0.460. The predicted molar refractivity (Wildman–Crippen MR) is 117 cm³/mol. The van der Waals surface area contributed by atoms with Gasteiger partial charge < -0.3 is 4.74 Å². The van der Waals surface area contributed by atoms with Crippen LogP contribution in [0.1, 0.15) is 41.0 Å². The third-order valence-electron chi connectivity index (χ3n) is 4.32. The molecule has 2 aromatic carbocycles. The summed E-state index contributed by atoms with van der Waals surface area (Å²) in [5.74, 6) is 0.487. The largest absolute Gasteiger partial charge is 0.487 e. The van der Waals surface area contributed by atoms with E-state index in [-0.39, 0.29) is 18.3 Å². The number of Topliss-reactive ketones (excluding diaryl/α,β-unsaturated/α-hetero) is 1. The van der Waals surface area contributed by atoms with Crippen molar-refractivity contribution in [3.63, 3.8) is 0 Å². The number of ketones is 1. The van der Waals surface area contributed by atoms with Crippen LogP contribution in [0.15, 0.2) is 41.8 Å². The van der Waals surface area contributed by atoms with Crippen LogP contribution in [-0.4, -0.2) is 16.7 Å². The molecular formula is C22H21ClN2O3S. The standard InChI is InChI=1S/C22H21ClN2O3S/c1-13-9-14(2)21(20(23)10-13)25(16(4)27)22-24-18(12-29-22)11-28-19-7-5-17(6-8-19)15(3)26/h5-10,12H,11H2,1-4H3. The van der Waals surface area contributed by atoms with Gasteiger partial charge in [0.05, 0.1) is 16.4 Å². The van der Waals surface area contributed by atoms with Crippen LogP contribution in [0, 0.1) is 13.8 Å². The number of amides is 1. The molecule has 5 nitrogen and oxygen atoms in total. The molecule has 1 aromatic heterocycles. The van der Waals surface area contributed by atoms with E-state index in [1.54, 1.807) is 24.3 Å². The minimum Gasteiger partial charge on any atom is -0.487 e. The molecule has 0 saturated heterocycles. The smallest absolute Gasteiger partial charge is 0.230 e. The minimum absolute atomic E-state index is 0.00933. The molecule has 0 aliphatic rings. The summed E-state index contributed by atoms with van der Waals surface area (Å²) in [5.41, 5.74) is 3.92. The third kappa shape index (κ3) is 4.83. The lowest BCUT2D eigenvalue weighted by Gasteiger charge is -2.22. The average molecular weight is 429 g/mol. The Morgan fingerprint density at radius 1 is 1.14 bits per heavy atom. The van der Waals surface area contributed by atoms with E-state index in [1.807, 2.05) is 31.4 Å². The lowest BCUT2D eigenvalue weighted by atomic mass is 10.1. The maximum absolute atomic E-state index is 12.4. The van der Waals surface area contributed by atoms with Crippen LogP contribution < -0.4 is 9.64 Å². The summed E-state index contributed by atoms with van der Waals surface area (Å²) in [5, 5.41) is 2.90. The highest BCUT2D eigenvalue weighted by atomic mass is 35.5. The fourth-order valence-electron chi connectivity index (χ4n) is 2.99. The Balaban J connectivity index is 1.80. The van der Waals surface area contributed by atoms with Gasteiger partial charge in [-0.15, -0.1) is 11.3 Å². The lowest BCUT2D eigenvalue weighted by Crippen LogP contribution is -2.24. The first kappa shape index (κ1) is 21.0. The maximum atomic E-state index is 12.4. The number of aryl methyl sites for hydroxylation is 2. The number of hydrogen-bond donors (Lipinski definition) is 0. The van der Waals surface area contributed by atoms with Crippen LogP contribution in [0.5, 0.6) is 5.75 Å². The van der Waals surface area contributed by atoms with Gasteiger partial charge in [-0.05, 0) is 62.2 Å². The zero-order valence-electron chi connectivity index (χ0n) is 16.7. The highest BCUT2D eigenvalue weighted by molar-refractivity contribution is 7.14. The highest BCUT2D eigenvalue weighted by Crippen LogP contribution is 2.37. The predicted octanol–water partition coefficient (Wildman–Crippen LogP) is 5.88. The van der Waals surface area contributed by atoms with Gasteiger partial charge in [-0.3, -0.25) is 14.5 Å². The van der Waals surface area contributed by atoms with Crippen LogP contribution in [0.2, 0.25) is 5.02 Å². The van der Waals surface area contributed by atoms with Gasteiger partial charge in [0.2, 0.25) is 5.91 Å². The van der Waals surface area contributed by atoms with Crippen molar-refractivity contribution in [1.29, 1.82) is 0 Å². The number of carbonyl (C=O) groups is 2. The zero-order valence-corrected chi connectivity index (χ0v) is 18.2. The van der Waals surface area contributed by atoms with Gasteiger partial charge in [-0.25, -0.2) is 4.98 Å². The normalized spacial score (nSPS) is 10.7. The number of benzene rings is 2. The molecule has 0 spiro atoms. The van der Waals surface area contributed by atoms with Crippen molar-refractivity contribution in [2.45, 2.75) is 34.3 Å². The summed E-state index contributed by atoms with van der Waals surface area (Å²) in [6.07, 6.45) is 0. The Labute approximate surface area is 178 Å². The fraction of sp³-hybridized carbons (Fsp3) is 0.227. The number of anilines is 2. The summed E-state index contributed by atoms with van der Waals surface area (Å²) in [6, 6.07) is 10.8. The van der Waals surface area contributed by atoms with Crippen molar-refractivity contribution in [2.75, 3.05) is 4.90 Å². The molecule has 7 heteroatoms. The molecule has 150 valence electrons. The fourth-order valence-corrected chi connectivity index (χ4v) is 4.25. The van der Waals surface area contributed by atoms with E-state index in [4.69, 9.17) is 16.3 Å². The summed E-state index contributed by atoms with van der Waals surface area (Å²) < 4.78 is 5.75. The van der Waals surface area contributed by atoms with Gasteiger partial charge in [0.1, 0.15) is 12.4 Å². The number of aromatic nitrogens is 1. The molecule has 0 radical (unpaired) electrons. The number of carbonyl (C=O) groups excluding carboxylic acids is 2.